The molecule has 0 aliphatic rings. The molecule has 28 heavy (non-hydrogen) atoms. The van der Waals surface area contributed by atoms with E-state index in [1.807, 2.05) is 0 Å². The van der Waals surface area contributed by atoms with E-state index in [9.17, 15) is 14.4 Å². The van der Waals surface area contributed by atoms with Gasteiger partial charge in [0.2, 0.25) is 0 Å². The van der Waals surface area contributed by atoms with E-state index in [1.54, 1.807) is 0 Å². The predicted molar refractivity (Wildman–Crippen MR) is 96.2 cm³/mol. The highest BCUT2D eigenvalue weighted by atomic mass is 16.6. The van der Waals surface area contributed by atoms with Gasteiger partial charge in [0.05, 0.1) is 18.2 Å². The first kappa shape index (κ1) is 18.7. The number of hydrogen-bond donors (Lipinski definition) is 0. The fourth-order valence-corrected chi connectivity index (χ4v) is 2.23. The third-order valence-corrected chi connectivity index (χ3v) is 3.60. The Morgan fingerprint density at radius 1 is 0.714 bits per heavy atom. The van der Waals surface area contributed by atoms with Crippen LogP contribution < -0.4 is 9.47 Å². The lowest BCUT2D eigenvalue weighted by molar-refractivity contribution is 0.0593. The van der Waals surface area contributed by atoms with Gasteiger partial charge in [-0.15, -0.1) is 0 Å². The SMILES string of the molecule is COC(=O)c1ccc(OC(=O)c2ccncc2)cc1OC(=O)c1ccncc1. The van der Waals surface area contributed by atoms with Crippen LogP contribution in [0.4, 0.5) is 0 Å². The highest BCUT2D eigenvalue weighted by Crippen LogP contribution is 2.27. The Morgan fingerprint density at radius 2 is 1.25 bits per heavy atom. The molecule has 3 aromatic rings. The van der Waals surface area contributed by atoms with E-state index in [0.717, 1.165) is 0 Å². The van der Waals surface area contributed by atoms with Gasteiger partial charge in [0.25, 0.3) is 0 Å². The number of methoxy groups -OCH3 is 1. The Kier molecular flexibility index (Phi) is 5.71. The smallest absolute Gasteiger partial charge is 0.343 e. The van der Waals surface area contributed by atoms with E-state index in [-0.39, 0.29) is 22.6 Å². The van der Waals surface area contributed by atoms with Crippen LogP contribution in [-0.4, -0.2) is 35.0 Å². The number of pyridine rings is 2. The Balaban J connectivity index is 1.88. The quantitative estimate of drug-likeness (QED) is 0.493. The van der Waals surface area contributed by atoms with Crippen molar-refractivity contribution in [3.8, 4) is 11.5 Å². The maximum Gasteiger partial charge on any atom is 0.343 e. The van der Waals surface area contributed by atoms with Crippen molar-refractivity contribution in [2.24, 2.45) is 0 Å². The molecule has 0 saturated heterocycles. The Labute approximate surface area is 159 Å². The van der Waals surface area contributed by atoms with Crippen molar-refractivity contribution in [3.05, 3.63) is 83.9 Å². The summed E-state index contributed by atoms with van der Waals surface area (Å²) < 4.78 is 15.3. The second kappa shape index (κ2) is 8.54. The number of aromatic nitrogens is 2. The molecular weight excluding hydrogens is 364 g/mol. The number of carbonyl (C=O) groups is 3. The van der Waals surface area contributed by atoms with E-state index in [1.165, 1.54) is 74.4 Å². The first-order chi connectivity index (χ1) is 13.6. The van der Waals surface area contributed by atoms with Gasteiger partial charge in [0.15, 0.2) is 0 Å². The largest absolute Gasteiger partial charge is 0.465 e. The molecule has 1 aromatic carbocycles. The van der Waals surface area contributed by atoms with Crippen LogP contribution in [0.2, 0.25) is 0 Å². The van der Waals surface area contributed by atoms with Gasteiger partial charge in [-0.2, -0.15) is 0 Å². The number of hydrogen-bond acceptors (Lipinski definition) is 8. The second-order valence-electron chi connectivity index (χ2n) is 5.40. The number of rotatable bonds is 5. The molecule has 3 rings (SSSR count). The molecule has 0 N–H and O–H groups in total. The molecule has 0 radical (unpaired) electrons. The van der Waals surface area contributed by atoms with Gasteiger partial charge in [0, 0.05) is 30.9 Å². The van der Waals surface area contributed by atoms with Gasteiger partial charge >= 0.3 is 17.9 Å². The van der Waals surface area contributed by atoms with Crippen molar-refractivity contribution in [1.29, 1.82) is 0 Å². The molecule has 2 aromatic heterocycles. The summed E-state index contributed by atoms with van der Waals surface area (Å²) in [5.41, 5.74) is 0.543. The maximum absolute atomic E-state index is 12.3. The molecule has 0 saturated carbocycles. The summed E-state index contributed by atoms with van der Waals surface area (Å²) in [4.78, 5) is 44.1. The van der Waals surface area contributed by atoms with Gasteiger partial charge in [-0.1, -0.05) is 0 Å². The lowest BCUT2D eigenvalue weighted by atomic mass is 10.2. The van der Waals surface area contributed by atoms with Crippen molar-refractivity contribution in [1.82, 2.24) is 9.97 Å². The molecule has 0 aliphatic carbocycles. The third kappa shape index (κ3) is 4.36. The van der Waals surface area contributed by atoms with Crippen molar-refractivity contribution < 1.29 is 28.6 Å². The van der Waals surface area contributed by atoms with Crippen LogP contribution in [0, 0.1) is 0 Å². The van der Waals surface area contributed by atoms with Gasteiger partial charge in [-0.3, -0.25) is 9.97 Å². The van der Waals surface area contributed by atoms with Crippen molar-refractivity contribution >= 4 is 17.9 Å². The third-order valence-electron chi connectivity index (χ3n) is 3.60. The summed E-state index contributed by atoms with van der Waals surface area (Å²) in [7, 11) is 1.20. The van der Waals surface area contributed by atoms with E-state index < -0.39 is 17.9 Å². The van der Waals surface area contributed by atoms with Crippen LogP contribution in [0.25, 0.3) is 0 Å². The highest BCUT2D eigenvalue weighted by molar-refractivity contribution is 5.96. The topological polar surface area (TPSA) is 105 Å². The van der Waals surface area contributed by atoms with E-state index in [2.05, 4.69) is 9.97 Å². The Bertz CT molecular complexity index is 1010. The van der Waals surface area contributed by atoms with Crippen molar-refractivity contribution in [3.63, 3.8) is 0 Å². The summed E-state index contributed by atoms with van der Waals surface area (Å²) in [5.74, 6) is -2.05. The molecule has 0 amide bonds. The molecule has 2 heterocycles. The first-order valence-corrected chi connectivity index (χ1v) is 8.05. The summed E-state index contributed by atoms with van der Waals surface area (Å²) in [6, 6.07) is 9.93. The molecule has 0 atom stereocenters. The first-order valence-electron chi connectivity index (χ1n) is 8.05. The lowest BCUT2D eigenvalue weighted by Crippen LogP contribution is -2.13. The maximum atomic E-state index is 12.3. The minimum Gasteiger partial charge on any atom is -0.465 e. The number of esters is 3. The van der Waals surface area contributed by atoms with Crippen molar-refractivity contribution in [2.75, 3.05) is 7.11 Å². The number of benzene rings is 1. The highest BCUT2D eigenvalue weighted by Gasteiger charge is 2.19. The Hall–Kier alpha value is -4.07. The monoisotopic (exact) mass is 378 g/mol. The van der Waals surface area contributed by atoms with Crippen LogP contribution in [0.15, 0.2) is 67.3 Å². The number of carbonyl (C=O) groups excluding carboxylic acids is 3. The molecule has 0 spiro atoms. The standard InChI is InChI=1S/C20H14N2O6/c1-26-20(25)16-3-2-15(27-18(23)13-4-8-21-9-5-13)12-17(16)28-19(24)14-6-10-22-11-7-14/h2-12H,1H3. The van der Waals surface area contributed by atoms with Crippen LogP contribution in [0.1, 0.15) is 31.1 Å². The van der Waals surface area contributed by atoms with E-state index in [0.29, 0.717) is 5.56 Å². The zero-order valence-electron chi connectivity index (χ0n) is 14.7. The molecule has 8 heteroatoms. The van der Waals surface area contributed by atoms with Crippen molar-refractivity contribution in [2.45, 2.75) is 0 Å². The van der Waals surface area contributed by atoms with Crippen LogP contribution >= 0.6 is 0 Å². The van der Waals surface area contributed by atoms with Gasteiger partial charge in [-0.25, -0.2) is 14.4 Å². The van der Waals surface area contributed by atoms with Crippen LogP contribution in [0.3, 0.4) is 0 Å². The van der Waals surface area contributed by atoms with Gasteiger partial charge < -0.3 is 14.2 Å². The molecule has 0 bridgehead atoms. The summed E-state index contributed by atoms with van der Waals surface area (Å²) in [5, 5.41) is 0. The average Bonchev–Trinajstić information content (AvgIpc) is 2.74. The fourth-order valence-electron chi connectivity index (χ4n) is 2.23. The fraction of sp³-hybridized carbons (Fsp3) is 0.0500. The molecule has 0 aliphatic heterocycles. The lowest BCUT2D eigenvalue weighted by Gasteiger charge is -2.11. The second-order valence-corrected chi connectivity index (χ2v) is 5.40. The van der Waals surface area contributed by atoms with Crippen LogP contribution in [-0.2, 0) is 4.74 Å². The Morgan fingerprint density at radius 3 is 1.79 bits per heavy atom. The van der Waals surface area contributed by atoms with Gasteiger partial charge in [-0.05, 0) is 36.4 Å². The predicted octanol–water partition coefficient (Wildman–Crippen LogP) is 2.70. The average molecular weight is 378 g/mol. The molecular formula is C20H14N2O6. The minimum absolute atomic E-state index is 0.00798. The zero-order valence-corrected chi connectivity index (χ0v) is 14.7. The molecule has 0 fully saturated rings. The summed E-state index contributed by atoms with van der Waals surface area (Å²) in [6.07, 6.45) is 5.78. The van der Waals surface area contributed by atoms with Gasteiger partial charge in [0.1, 0.15) is 17.1 Å². The van der Waals surface area contributed by atoms with E-state index in [4.69, 9.17) is 14.2 Å². The summed E-state index contributed by atoms with van der Waals surface area (Å²) in [6.45, 7) is 0. The number of nitrogens with zero attached hydrogens (tertiary/aromatic N) is 2. The molecule has 0 unspecified atom stereocenters. The minimum atomic E-state index is -0.704. The number of ether oxygens (including phenoxy) is 3. The van der Waals surface area contributed by atoms with E-state index >= 15 is 0 Å². The molecule has 140 valence electrons. The molecule has 8 nitrogen and oxygen atoms in total. The summed E-state index contributed by atoms with van der Waals surface area (Å²) >= 11 is 0. The zero-order chi connectivity index (χ0) is 19.9. The van der Waals surface area contributed by atoms with Crippen LogP contribution in [0.5, 0.6) is 11.5 Å². The normalized spacial score (nSPS) is 10.0.